The molecule has 1 aliphatic carbocycles. The van der Waals surface area contributed by atoms with Gasteiger partial charge in [-0.2, -0.15) is 4.31 Å². The summed E-state index contributed by atoms with van der Waals surface area (Å²) < 4.78 is 39.6. The largest absolute Gasteiger partial charge is 0.481 e. The van der Waals surface area contributed by atoms with Gasteiger partial charge in [-0.3, -0.25) is 4.79 Å². The average molecular weight is 348 g/mol. The molecule has 1 aromatic rings. The zero-order valence-electron chi connectivity index (χ0n) is 11.6. The molecule has 8 heteroatoms. The van der Waals surface area contributed by atoms with Crippen LogP contribution in [-0.2, 0) is 14.8 Å². The number of hydrogen-bond acceptors (Lipinski definition) is 3. The van der Waals surface area contributed by atoms with Crippen molar-refractivity contribution in [2.45, 2.75) is 24.2 Å². The predicted octanol–water partition coefficient (Wildman–Crippen LogP) is 2.35. The van der Waals surface area contributed by atoms with Crippen molar-refractivity contribution in [3.05, 3.63) is 29.0 Å². The second-order valence-electron chi connectivity index (χ2n) is 5.92. The van der Waals surface area contributed by atoms with Crippen LogP contribution in [0, 0.1) is 17.2 Å². The van der Waals surface area contributed by atoms with Crippen molar-refractivity contribution in [3.8, 4) is 0 Å². The fraction of sp³-hybridized carbons (Fsp3) is 0.500. The van der Waals surface area contributed by atoms with Crippen LogP contribution in [0.1, 0.15) is 19.3 Å². The maximum Gasteiger partial charge on any atom is 0.311 e. The Morgan fingerprint density at radius 2 is 2.18 bits per heavy atom. The number of fused-ring (bicyclic) bond motifs is 1. The van der Waals surface area contributed by atoms with E-state index >= 15 is 0 Å². The number of hydrogen-bond donors (Lipinski definition) is 1. The number of carbonyl (C=O) groups is 1. The standard InChI is InChI=1S/C14H15ClFNO4S/c15-11-6-10(16)3-4-12(11)22(20,21)17-7-9-2-1-5-14(9,8-17)13(18)19/h3-4,6,9H,1-2,5,7-8H2,(H,18,19)/t9-,14+/m0/s1. The molecule has 5 nitrogen and oxygen atoms in total. The molecule has 2 aliphatic rings. The highest BCUT2D eigenvalue weighted by Crippen LogP contribution is 2.50. The molecule has 120 valence electrons. The van der Waals surface area contributed by atoms with Crippen LogP contribution in [0.15, 0.2) is 23.1 Å². The van der Waals surface area contributed by atoms with Gasteiger partial charge in [-0.05, 0) is 37.0 Å². The van der Waals surface area contributed by atoms with Crippen LogP contribution < -0.4 is 0 Å². The highest BCUT2D eigenvalue weighted by atomic mass is 35.5. The number of sulfonamides is 1. The lowest BCUT2D eigenvalue weighted by Crippen LogP contribution is -2.37. The summed E-state index contributed by atoms with van der Waals surface area (Å²) in [5, 5.41) is 9.33. The van der Waals surface area contributed by atoms with E-state index in [9.17, 15) is 22.7 Å². The Hall–Kier alpha value is -1.18. The molecular formula is C14H15ClFNO4S. The van der Waals surface area contributed by atoms with Gasteiger partial charge >= 0.3 is 5.97 Å². The van der Waals surface area contributed by atoms with Crippen LogP contribution in [0.2, 0.25) is 5.02 Å². The quantitative estimate of drug-likeness (QED) is 0.910. The molecular weight excluding hydrogens is 333 g/mol. The second-order valence-corrected chi connectivity index (χ2v) is 8.24. The maximum absolute atomic E-state index is 13.1. The summed E-state index contributed by atoms with van der Waals surface area (Å²) in [6.07, 6.45) is 1.98. The van der Waals surface area contributed by atoms with Gasteiger partial charge in [0.15, 0.2) is 0 Å². The van der Waals surface area contributed by atoms with Crippen molar-refractivity contribution in [1.29, 1.82) is 0 Å². The van der Waals surface area contributed by atoms with Crippen LogP contribution in [0.3, 0.4) is 0 Å². The van der Waals surface area contributed by atoms with Crippen molar-refractivity contribution in [3.63, 3.8) is 0 Å². The van der Waals surface area contributed by atoms with Gasteiger partial charge < -0.3 is 5.11 Å². The minimum absolute atomic E-state index is 0.0525. The molecule has 1 aromatic carbocycles. The Morgan fingerprint density at radius 3 is 2.77 bits per heavy atom. The topological polar surface area (TPSA) is 74.7 Å². The number of benzene rings is 1. The Morgan fingerprint density at radius 1 is 1.45 bits per heavy atom. The van der Waals surface area contributed by atoms with Crippen LogP contribution in [-0.4, -0.2) is 36.9 Å². The highest BCUT2D eigenvalue weighted by Gasteiger charge is 2.57. The molecule has 1 saturated heterocycles. The molecule has 0 amide bonds. The van der Waals surface area contributed by atoms with Gasteiger partial charge in [-0.25, -0.2) is 12.8 Å². The van der Waals surface area contributed by atoms with Crippen molar-refractivity contribution < 1.29 is 22.7 Å². The Bertz CT molecular complexity index is 738. The van der Waals surface area contributed by atoms with Gasteiger partial charge in [0.1, 0.15) is 10.7 Å². The van der Waals surface area contributed by atoms with Crippen LogP contribution >= 0.6 is 11.6 Å². The number of nitrogens with zero attached hydrogens (tertiary/aromatic N) is 1. The maximum atomic E-state index is 13.1. The Labute approximate surface area is 132 Å². The van der Waals surface area contributed by atoms with Gasteiger partial charge in [0.2, 0.25) is 10.0 Å². The fourth-order valence-electron chi connectivity index (χ4n) is 3.60. The lowest BCUT2D eigenvalue weighted by Gasteiger charge is -2.23. The van der Waals surface area contributed by atoms with Gasteiger partial charge in [-0.15, -0.1) is 0 Å². The van der Waals surface area contributed by atoms with Gasteiger partial charge in [0.05, 0.1) is 10.4 Å². The summed E-state index contributed by atoms with van der Waals surface area (Å²) in [6, 6.07) is 3.09. The van der Waals surface area contributed by atoms with E-state index in [1.165, 1.54) is 4.31 Å². The van der Waals surface area contributed by atoms with E-state index < -0.39 is 27.2 Å². The monoisotopic (exact) mass is 347 g/mol. The number of carboxylic acid groups (broad SMARTS) is 1. The number of rotatable bonds is 3. The number of aliphatic carboxylic acids is 1. The van der Waals surface area contributed by atoms with Crippen molar-refractivity contribution in [1.82, 2.24) is 4.31 Å². The molecule has 1 saturated carbocycles. The molecule has 0 spiro atoms. The van der Waals surface area contributed by atoms with E-state index in [4.69, 9.17) is 11.6 Å². The third-order valence-electron chi connectivity index (χ3n) is 4.78. The van der Waals surface area contributed by atoms with Crippen molar-refractivity contribution >= 4 is 27.6 Å². The predicted molar refractivity (Wildman–Crippen MR) is 77.6 cm³/mol. The van der Waals surface area contributed by atoms with Crippen LogP contribution in [0.4, 0.5) is 4.39 Å². The second kappa shape index (κ2) is 5.18. The van der Waals surface area contributed by atoms with E-state index in [0.29, 0.717) is 12.8 Å². The van der Waals surface area contributed by atoms with E-state index in [1.54, 1.807) is 0 Å². The molecule has 1 heterocycles. The summed E-state index contributed by atoms with van der Waals surface area (Å²) in [5.74, 6) is -1.75. The minimum Gasteiger partial charge on any atom is -0.481 e. The molecule has 1 N–H and O–H groups in total. The lowest BCUT2D eigenvalue weighted by molar-refractivity contribution is -0.149. The first kappa shape index (κ1) is 15.7. The molecule has 22 heavy (non-hydrogen) atoms. The fourth-order valence-corrected chi connectivity index (χ4v) is 5.66. The zero-order chi connectivity index (χ0) is 16.1. The lowest BCUT2D eigenvalue weighted by atomic mass is 9.81. The first-order chi connectivity index (χ1) is 10.3. The third kappa shape index (κ3) is 2.23. The van der Waals surface area contributed by atoms with E-state index in [0.717, 1.165) is 24.6 Å². The summed E-state index contributed by atoms with van der Waals surface area (Å²) in [6.45, 7) is 0.116. The van der Waals surface area contributed by atoms with Gasteiger partial charge in [0, 0.05) is 13.1 Å². The minimum atomic E-state index is -3.93. The first-order valence-corrected chi connectivity index (χ1v) is 8.78. The van der Waals surface area contributed by atoms with E-state index in [2.05, 4.69) is 0 Å². The third-order valence-corrected chi connectivity index (χ3v) is 7.07. The molecule has 0 radical (unpaired) electrons. The summed E-state index contributed by atoms with van der Waals surface area (Å²) >= 11 is 5.85. The van der Waals surface area contributed by atoms with Crippen LogP contribution in [0.25, 0.3) is 0 Å². The molecule has 3 rings (SSSR count). The van der Waals surface area contributed by atoms with Crippen LogP contribution in [0.5, 0.6) is 0 Å². The summed E-state index contributed by atoms with van der Waals surface area (Å²) in [5.41, 5.74) is -1.00. The smallest absolute Gasteiger partial charge is 0.311 e. The molecule has 0 bridgehead atoms. The normalized spacial score (nSPS) is 28.7. The first-order valence-electron chi connectivity index (χ1n) is 6.96. The summed E-state index contributed by atoms with van der Waals surface area (Å²) in [7, 11) is -3.93. The summed E-state index contributed by atoms with van der Waals surface area (Å²) in [4.78, 5) is 11.4. The molecule has 0 aromatic heterocycles. The van der Waals surface area contributed by atoms with Crippen molar-refractivity contribution in [2.24, 2.45) is 11.3 Å². The van der Waals surface area contributed by atoms with E-state index in [1.807, 2.05) is 0 Å². The average Bonchev–Trinajstić information content (AvgIpc) is 2.95. The molecule has 2 atom stereocenters. The van der Waals surface area contributed by atoms with Gasteiger partial charge in [-0.1, -0.05) is 18.0 Å². The van der Waals surface area contributed by atoms with Gasteiger partial charge in [0.25, 0.3) is 0 Å². The van der Waals surface area contributed by atoms with E-state index in [-0.39, 0.29) is 28.9 Å². The van der Waals surface area contributed by atoms with Crippen molar-refractivity contribution in [2.75, 3.05) is 13.1 Å². The number of halogens is 2. The highest BCUT2D eigenvalue weighted by molar-refractivity contribution is 7.89. The molecule has 0 unspecified atom stereocenters. The zero-order valence-corrected chi connectivity index (χ0v) is 13.2. The Kier molecular flexibility index (Phi) is 3.70. The molecule has 1 aliphatic heterocycles. The SMILES string of the molecule is O=C(O)[C@@]12CCC[C@H]1CN(S(=O)(=O)c1ccc(F)cc1Cl)C2. The Balaban J connectivity index is 1.96. The molecule has 2 fully saturated rings. The number of carboxylic acids is 1.